The van der Waals surface area contributed by atoms with E-state index in [0.29, 0.717) is 0 Å². The molecule has 0 aliphatic carbocycles. The number of pyridine rings is 1. The summed E-state index contributed by atoms with van der Waals surface area (Å²) in [6.45, 7) is 4.53. The average molecular weight is 259 g/mol. The highest BCUT2D eigenvalue weighted by molar-refractivity contribution is 9.10. The predicted molar refractivity (Wildman–Crippen MR) is 61.5 cm³/mol. The molecule has 0 saturated carbocycles. The van der Waals surface area contributed by atoms with Crippen LogP contribution in [0.25, 0.3) is 0 Å². The molecule has 2 N–H and O–H groups in total. The van der Waals surface area contributed by atoms with E-state index >= 15 is 0 Å². The first-order valence-corrected chi connectivity index (χ1v) is 5.43. The Bertz CT molecular complexity index is 302. The van der Waals surface area contributed by atoms with E-state index in [0.717, 1.165) is 28.8 Å². The minimum absolute atomic E-state index is 0.266. The first kappa shape index (κ1) is 11.5. The van der Waals surface area contributed by atoms with Gasteiger partial charge < -0.3 is 10.4 Å². The molecule has 4 heteroatoms. The van der Waals surface area contributed by atoms with Gasteiger partial charge in [-0.25, -0.2) is 4.98 Å². The second-order valence-corrected chi connectivity index (χ2v) is 4.30. The smallest absolute Gasteiger partial charge is 0.128 e. The van der Waals surface area contributed by atoms with Crippen LogP contribution < -0.4 is 5.32 Å². The molecule has 0 bridgehead atoms. The Morgan fingerprint density at radius 3 is 2.93 bits per heavy atom. The molecule has 0 aromatic carbocycles. The Labute approximate surface area is 92.7 Å². The van der Waals surface area contributed by atoms with E-state index in [-0.39, 0.29) is 6.10 Å². The standard InChI is InChI=1S/C10H15BrN2O/c1-7-5-9(11)6-13-10(7)12-4-3-8(2)14/h5-6,8,14H,3-4H2,1-2H3,(H,12,13). The molecule has 1 heterocycles. The third kappa shape index (κ3) is 3.64. The first-order chi connectivity index (χ1) is 6.59. The van der Waals surface area contributed by atoms with Crippen LogP contribution in [-0.4, -0.2) is 22.7 Å². The Hall–Kier alpha value is -0.610. The van der Waals surface area contributed by atoms with Crippen LogP contribution in [0.5, 0.6) is 0 Å². The second kappa shape index (κ2) is 5.32. The Morgan fingerprint density at radius 2 is 2.36 bits per heavy atom. The van der Waals surface area contributed by atoms with Crippen molar-refractivity contribution in [3.8, 4) is 0 Å². The summed E-state index contributed by atoms with van der Waals surface area (Å²) in [7, 11) is 0. The highest BCUT2D eigenvalue weighted by Gasteiger charge is 2.00. The number of aliphatic hydroxyl groups is 1. The molecule has 3 nitrogen and oxygen atoms in total. The lowest BCUT2D eigenvalue weighted by atomic mass is 10.2. The first-order valence-electron chi connectivity index (χ1n) is 4.63. The molecule has 1 atom stereocenters. The molecular weight excluding hydrogens is 244 g/mol. The van der Waals surface area contributed by atoms with Crippen molar-refractivity contribution in [3.05, 3.63) is 22.3 Å². The number of hydrogen-bond donors (Lipinski definition) is 2. The number of aromatic nitrogens is 1. The molecular formula is C10H15BrN2O. The maximum absolute atomic E-state index is 9.08. The lowest BCUT2D eigenvalue weighted by Crippen LogP contribution is -2.11. The molecule has 0 fully saturated rings. The summed E-state index contributed by atoms with van der Waals surface area (Å²) in [5, 5.41) is 12.3. The number of nitrogens with zero attached hydrogens (tertiary/aromatic N) is 1. The minimum Gasteiger partial charge on any atom is -0.393 e. The number of nitrogens with one attached hydrogen (secondary N) is 1. The predicted octanol–water partition coefficient (Wildman–Crippen LogP) is 2.34. The Morgan fingerprint density at radius 1 is 1.64 bits per heavy atom. The van der Waals surface area contributed by atoms with Gasteiger partial charge in [0.2, 0.25) is 0 Å². The van der Waals surface area contributed by atoms with Gasteiger partial charge in [0, 0.05) is 17.2 Å². The van der Waals surface area contributed by atoms with E-state index in [1.165, 1.54) is 0 Å². The van der Waals surface area contributed by atoms with Crippen LogP contribution in [0.1, 0.15) is 18.9 Å². The van der Waals surface area contributed by atoms with Gasteiger partial charge in [0.05, 0.1) is 6.10 Å². The maximum atomic E-state index is 9.08. The molecule has 0 amide bonds. The number of anilines is 1. The van der Waals surface area contributed by atoms with Crippen molar-refractivity contribution in [1.82, 2.24) is 4.98 Å². The third-order valence-electron chi connectivity index (χ3n) is 1.90. The fraction of sp³-hybridized carbons (Fsp3) is 0.500. The molecule has 0 saturated heterocycles. The van der Waals surface area contributed by atoms with Gasteiger partial charge in [-0.05, 0) is 47.8 Å². The topological polar surface area (TPSA) is 45.2 Å². The zero-order chi connectivity index (χ0) is 10.6. The molecule has 1 aromatic rings. The van der Waals surface area contributed by atoms with Crippen molar-refractivity contribution in [2.24, 2.45) is 0 Å². The summed E-state index contributed by atoms with van der Waals surface area (Å²) >= 11 is 3.36. The number of rotatable bonds is 4. The van der Waals surface area contributed by atoms with E-state index < -0.39 is 0 Å². The molecule has 0 aliphatic rings. The molecule has 1 rings (SSSR count). The van der Waals surface area contributed by atoms with Gasteiger partial charge in [-0.3, -0.25) is 0 Å². The minimum atomic E-state index is -0.266. The summed E-state index contributed by atoms with van der Waals surface area (Å²) in [5.41, 5.74) is 1.10. The van der Waals surface area contributed by atoms with E-state index in [4.69, 9.17) is 5.11 Å². The van der Waals surface area contributed by atoms with Crippen molar-refractivity contribution < 1.29 is 5.11 Å². The quantitative estimate of drug-likeness (QED) is 0.872. The van der Waals surface area contributed by atoms with E-state index in [2.05, 4.69) is 26.2 Å². The zero-order valence-electron chi connectivity index (χ0n) is 8.42. The van der Waals surface area contributed by atoms with Gasteiger partial charge in [-0.15, -0.1) is 0 Å². The summed E-state index contributed by atoms with van der Waals surface area (Å²) in [6, 6.07) is 2.01. The Kier molecular flexibility index (Phi) is 4.35. The van der Waals surface area contributed by atoms with E-state index in [1.807, 2.05) is 13.0 Å². The summed E-state index contributed by atoms with van der Waals surface area (Å²) in [4.78, 5) is 4.24. The van der Waals surface area contributed by atoms with Crippen molar-refractivity contribution in [2.45, 2.75) is 26.4 Å². The number of hydrogen-bond acceptors (Lipinski definition) is 3. The zero-order valence-corrected chi connectivity index (χ0v) is 10.0. The normalized spacial score (nSPS) is 12.6. The summed E-state index contributed by atoms with van der Waals surface area (Å²) in [5.74, 6) is 0.883. The van der Waals surface area contributed by atoms with Crippen LogP contribution in [0.3, 0.4) is 0 Å². The maximum Gasteiger partial charge on any atom is 0.128 e. The van der Waals surface area contributed by atoms with E-state index in [1.54, 1.807) is 13.1 Å². The van der Waals surface area contributed by atoms with Crippen LogP contribution in [0.4, 0.5) is 5.82 Å². The fourth-order valence-corrected chi connectivity index (χ4v) is 1.57. The third-order valence-corrected chi connectivity index (χ3v) is 2.33. The highest BCUT2D eigenvalue weighted by Crippen LogP contribution is 2.16. The van der Waals surface area contributed by atoms with Crippen molar-refractivity contribution in [3.63, 3.8) is 0 Å². The van der Waals surface area contributed by atoms with Crippen LogP contribution in [0.15, 0.2) is 16.7 Å². The molecule has 14 heavy (non-hydrogen) atoms. The van der Waals surface area contributed by atoms with Gasteiger partial charge in [-0.1, -0.05) is 0 Å². The lowest BCUT2D eigenvalue weighted by Gasteiger charge is -2.09. The summed E-state index contributed by atoms with van der Waals surface area (Å²) < 4.78 is 0.982. The van der Waals surface area contributed by atoms with Gasteiger partial charge in [0.15, 0.2) is 0 Å². The molecule has 0 radical (unpaired) electrons. The molecule has 0 aliphatic heterocycles. The molecule has 0 spiro atoms. The van der Waals surface area contributed by atoms with Crippen LogP contribution in [-0.2, 0) is 0 Å². The Balaban J connectivity index is 2.51. The average Bonchev–Trinajstić information content (AvgIpc) is 2.08. The molecule has 1 unspecified atom stereocenters. The molecule has 78 valence electrons. The van der Waals surface area contributed by atoms with Crippen molar-refractivity contribution in [2.75, 3.05) is 11.9 Å². The lowest BCUT2D eigenvalue weighted by molar-refractivity contribution is 0.188. The van der Waals surface area contributed by atoms with Crippen LogP contribution >= 0.6 is 15.9 Å². The van der Waals surface area contributed by atoms with Gasteiger partial charge >= 0.3 is 0 Å². The van der Waals surface area contributed by atoms with Crippen LogP contribution in [0, 0.1) is 6.92 Å². The van der Waals surface area contributed by atoms with Gasteiger partial charge in [0.1, 0.15) is 5.82 Å². The number of aryl methyl sites for hydroxylation is 1. The fourth-order valence-electron chi connectivity index (χ4n) is 1.13. The highest BCUT2D eigenvalue weighted by atomic mass is 79.9. The van der Waals surface area contributed by atoms with Crippen molar-refractivity contribution in [1.29, 1.82) is 0 Å². The monoisotopic (exact) mass is 258 g/mol. The number of aliphatic hydroxyl groups excluding tert-OH is 1. The molecule has 1 aromatic heterocycles. The van der Waals surface area contributed by atoms with Crippen molar-refractivity contribution >= 4 is 21.7 Å². The van der Waals surface area contributed by atoms with Gasteiger partial charge in [-0.2, -0.15) is 0 Å². The second-order valence-electron chi connectivity index (χ2n) is 3.38. The summed E-state index contributed by atoms with van der Waals surface area (Å²) in [6.07, 6.45) is 2.23. The van der Waals surface area contributed by atoms with E-state index in [9.17, 15) is 0 Å². The van der Waals surface area contributed by atoms with Crippen LogP contribution in [0.2, 0.25) is 0 Å². The van der Waals surface area contributed by atoms with Gasteiger partial charge in [0.25, 0.3) is 0 Å². The SMILES string of the molecule is Cc1cc(Br)cnc1NCCC(C)O. The number of halogens is 1. The largest absolute Gasteiger partial charge is 0.393 e.